The summed E-state index contributed by atoms with van der Waals surface area (Å²) in [5.74, 6) is -1.02. The highest BCUT2D eigenvalue weighted by molar-refractivity contribution is 7.47. The first-order valence-electron chi connectivity index (χ1n) is 21.6. The van der Waals surface area contributed by atoms with Gasteiger partial charge in [-0.3, -0.25) is 18.6 Å². The molecule has 0 aliphatic rings. The van der Waals surface area contributed by atoms with Crippen LogP contribution in [0.2, 0.25) is 0 Å². The second-order valence-corrected chi connectivity index (χ2v) is 16.1. The van der Waals surface area contributed by atoms with E-state index in [9.17, 15) is 29.3 Å². The van der Waals surface area contributed by atoms with Crippen molar-refractivity contribution in [3.8, 4) is 0 Å². The number of hydrogen-bond donors (Lipinski definition) is 3. The van der Waals surface area contributed by atoms with Gasteiger partial charge in [-0.2, -0.15) is 0 Å². The van der Waals surface area contributed by atoms with Crippen molar-refractivity contribution in [2.75, 3.05) is 26.4 Å². The molecular weight excluding hydrogens is 695 g/mol. The zero-order valence-electron chi connectivity index (χ0n) is 34.0. The maximum Gasteiger partial charge on any atom is 0.472 e. The van der Waals surface area contributed by atoms with Crippen LogP contribution in [0.5, 0.6) is 0 Å². The van der Waals surface area contributed by atoms with Crippen LogP contribution < -0.4 is 0 Å². The van der Waals surface area contributed by atoms with Crippen molar-refractivity contribution in [3.63, 3.8) is 0 Å². The Labute approximate surface area is 324 Å². The monoisotopic (exact) mass is 777 g/mol. The number of aliphatic hydroxyl groups excluding tert-OH is 2. The van der Waals surface area contributed by atoms with Crippen LogP contribution in [0.15, 0.2) is 12.2 Å². The van der Waals surface area contributed by atoms with E-state index in [-0.39, 0.29) is 12.8 Å². The Kier molecular flexibility index (Phi) is 38.0. The summed E-state index contributed by atoms with van der Waals surface area (Å²) in [6.07, 6.45) is 36.1. The number of carbonyl (C=O) groups excluding carboxylic acids is 2. The molecule has 0 fully saturated rings. The minimum atomic E-state index is -4.63. The highest BCUT2D eigenvalue weighted by Gasteiger charge is 2.27. The van der Waals surface area contributed by atoms with Crippen LogP contribution in [-0.2, 0) is 32.7 Å². The highest BCUT2D eigenvalue weighted by atomic mass is 31.2. The SMILES string of the molecule is CCCCCCCC/C=C\CCCCCCCC(=O)O[C@@H](CO)COP(=O)(O)OC[C@H](CO)OC(=O)CCCCCCCCCCCCCCCCC. The lowest BCUT2D eigenvalue weighted by Gasteiger charge is -2.20. The molecule has 10 nitrogen and oxygen atoms in total. The molecule has 53 heavy (non-hydrogen) atoms. The molecule has 0 aliphatic carbocycles. The van der Waals surface area contributed by atoms with Crippen LogP contribution in [0.3, 0.4) is 0 Å². The number of phosphoric ester groups is 1. The fraction of sp³-hybridized carbons (Fsp3) is 0.905. The summed E-state index contributed by atoms with van der Waals surface area (Å²) in [4.78, 5) is 34.5. The summed E-state index contributed by atoms with van der Waals surface area (Å²) < 4.78 is 32.5. The van der Waals surface area contributed by atoms with Crippen molar-refractivity contribution < 1.29 is 47.8 Å². The molecule has 3 atom stereocenters. The van der Waals surface area contributed by atoms with Crippen LogP contribution >= 0.6 is 7.82 Å². The zero-order chi connectivity index (χ0) is 39.1. The van der Waals surface area contributed by atoms with E-state index < -0.39 is 58.4 Å². The summed E-state index contributed by atoms with van der Waals surface area (Å²) in [6.45, 7) is 2.21. The molecule has 0 aliphatic heterocycles. The van der Waals surface area contributed by atoms with Crippen molar-refractivity contribution in [3.05, 3.63) is 12.2 Å². The molecule has 0 aromatic heterocycles. The standard InChI is InChI=1S/C42H81O10P/c1-3-5-7-9-11-13-15-17-19-21-23-25-27-29-31-33-41(45)51-39(35-43)37-49-53(47,48)50-38-40(36-44)52-42(46)34-32-30-28-26-24-22-20-18-16-14-12-10-8-6-4-2/h17,19,39-40,43-44H,3-16,18,20-38H2,1-2H3,(H,47,48)/b19-17-/t39-,40-/m0/s1. The van der Waals surface area contributed by atoms with Crippen molar-refractivity contribution in [1.29, 1.82) is 0 Å². The number of phosphoric acid groups is 1. The molecule has 0 saturated heterocycles. The van der Waals surface area contributed by atoms with Gasteiger partial charge in [0.1, 0.15) is 12.2 Å². The fourth-order valence-electron chi connectivity index (χ4n) is 6.11. The third-order valence-corrected chi connectivity index (χ3v) is 10.4. The molecular formula is C42H81O10P. The quantitative estimate of drug-likeness (QED) is 0.0237. The van der Waals surface area contributed by atoms with Gasteiger partial charge in [0.05, 0.1) is 26.4 Å². The lowest BCUT2D eigenvalue weighted by Crippen LogP contribution is -2.28. The van der Waals surface area contributed by atoms with E-state index in [1.54, 1.807) is 0 Å². The van der Waals surface area contributed by atoms with E-state index in [2.05, 4.69) is 26.0 Å². The number of carbonyl (C=O) groups is 2. The van der Waals surface area contributed by atoms with Crippen molar-refractivity contribution in [2.24, 2.45) is 0 Å². The fourth-order valence-corrected chi connectivity index (χ4v) is 6.89. The molecule has 0 aromatic carbocycles. The van der Waals surface area contributed by atoms with Gasteiger partial charge in [0.15, 0.2) is 0 Å². The van der Waals surface area contributed by atoms with E-state index >= 15 is 0 Å². The molecule has 314 valence electrons. The van der Waals surface area contributed by atoms with Crippen LogP contribution in [-0.4, -0.2) is 65.7 Å². The minimum Gasteiger partial charge on any atom is -0.457 e. The lowest BCUT2D eigenvalue weighted by molar-refractivity contribution is -0.153. The number of allylic oxidation sites excluding steroid dienone is 2. The van der Waals surface area contributed by atoms with Crippen LogP contribution in [0, 0.1) is 0 Å². The molecule has 1 unspecified atom stereocenters. The van der Waals surface area contributed by atoms with Gasteiger partial charge in [-0.15, -0.1) is 0 Å². The molecule has 3 N–H and O–H groups in total. The molecule has 0 rings (SSSR count). The summed E-state index contributed by atoms with van der Waals surface area (Å²) in [5, 5.41) is 19.1. The number of hydrogen-bond acceptors (Lipinski definition) is 9. The molecule has 0 bridgehead atoms. The van der Waals surface area contributed by atoms with E-state index in [1.165, 1.54) is 109 Å². The smallest absolute Gasteiger partial charge is 0.457 e. The second kappa shape index (κ2) is 39.0. The average molecular weight is 777 g/mol. The van der Waals surface area contributed by atoms with Crippen molar-refractivity contribution >= 4 is 19.8 Å². The maximum absolute atomic E-state index is 12.3. The Hall–Kier alpha value is -1.29. The third kappa shape index (κ3) is 37.4. The number of ether oxygens (including phenoxy) is 2. The molecule has 0 spiro atoms. The largest absolute Gasteiger partial charge is 0.472 e. The molecule has 0 saturated carbocycles. The molecule has 11 heteroatoms. The highest BCUT2D eigenvalue weighted by Crippen LogP contribution is 2.43. The van der Waals surface area contributed by atoms with Gasteiger partial charge < -0.3 is 24.6 Å². The predicted octanol–water partition coefficient (Wildman–Crippen LogP) is 11.2. The topological polar surface area (TPSA) is 149 Å². The molecule has 0 amide bonds. The zero-order valence-corrected chi connectivity index (χ0v) is 34.9. The van der Waals surface area contributed by atoms with Crippen molar-refractivity contribution in [2.45, 2.75) is 219 Å². The maximum atomic E-state index is 12.3. The first kappa shape index (κ1) is 51.7. The summed E-state index contributed by atoms with van der Waals surface area (Å²) in [7, 11) is -4.63. The van der Waals surface area contributed by atoms with Gasteiger partial charge in [0.2, 0.25) is 0 Å². The second-order valence-electron chi connectivity index (χ2n) is 14.7. The molecule has 0 aromatic rings. The Morgan fingerprint density at radius 1 is 0.491 bits per heavy atom. The van der Waals surface area contributed by atoms with Crippen molar-refractivity contribution in [1.82, 2.24) is 0 Å². The Bertz CT molecular complexity index is 899. The van der Waals surface area contributed by atoms with Gasteiger partial charge in [-0.05, 0) is 38.5 Å². The number of rotatable bonds is 41. The van der Waals surface area contributed by atoms with E-state index in [0.717, 1.165) is 57.8 Å². The normalized spacial score (nSPS) is 14.0. The van der Waals surface area contributed by atoms with Crippen LogP contribution in [0.25, 0.3) is 0 Å². The molecule has 0 heterocycles. The van der Waals surface area contributed by atoms with E-state index in [4.69, 9.17) is 18.5 Å². The predicted molar refractivity (Wildman–Crippen MR) is 215 cm³/mol. The van der Waals surface area contributed by atoms with Gasteiger partial charge in [-0.1, -0.05) is 167 Å². The van der Waals surface area contributed by atoms with Crippen LogP contribution in [0.1, 0.15) is 206 Å². The number of aliphatic hydroxyl groups is 2. The number of esters is 2. The Morgan fingerprint density at radius 3 is 1.08 bits per heavy atom. The van der Waals surface area contributed by atoms with E-state index in [1.807, 2.05) is 0 Å². The summed E-state index contributed by atoms with van der Waals surface area (Å²) in [6, 6.07) is 0. The lowest BCUT2D eigenvalue weighted by atomic mass is 10.0. The molecule has 0 radical (unpaired) electrons. The Balaban J connectivity index is 3.91. The van der Waals surface area contributed by atoms with Gasteiger partial charge in [0, 0.05) is 12.8 Å². The Morgan fingerprint density at radius 2 is 0.774 bits per heavy atom. The number of unbranched alkanes of at least 4 members (excludes halogenated alkanes) is 25. The minimum absolute atomic E-state index is 0.185. The van der Waals surface area contributed by atoms with Gasteiger partial charge in [-0.25, -0.2) is 4.57 Å². The first-order valence-corrected chi connectivity index (χ1v) is 23.1. The first-order chi connectivity index (χ1) is 25.8. The van der Waals surface area contributed by atoms with E-state index in [0.29, 0.717) is 12.8 Å². The van der Waals surface area contributed by atoms with Gasteiger partial charge in [0.25, 0.3) is 0 Å². The summed E-state index contributed by atoms with van der Waals surface area (Å²) >= 11 is 0. The van der Waals surface area contributed by atoms with Crippen LogP contribution in [0.4, 0.5) is 0 Å². The summed E-state index contributed by atoms with van der Waals surface area (Å²) in [5.41, 5.74) is 0. The van der Waals surface area contributed by atoms with Gasteiger partial charge >= 0.3 is 19.8 Å². The third-order valence-electron chi connectivity index (χ3n) is 9.48. The average Bonchev–Trinajstić information content (AvgIpc) is 3.14.